The van der Waals surface area contributed by atoms with Crippen LogP contribution in [-0.2, 0) is 16.2 Å². The standard InChI is InChI=1S/C18H17ClN2O4S/c1-3-24-18(23)14-10(2)25-17-15(14)16(22)20-13(21-17)9-26-8-11-4-6-12(19)7-5-11/h4-7H,3,8-9H2,1-2H3,(H,20,21,22). The molecular weight excluding hydrogens is 376 g/mol. The molecule has 0 amide bonds. The summed E-state index contributed by atoms with van der Waals surface area (Å²) < 4.78 is 10.5. The lowest BCUT2D eigenvalue weighted by molar-refractivity contribution is 0.0526. The van der Waals surface area contributed by atoms with Crippen LogP contribution in [0.25, 0.3) is 11.1 Å². The number of hydrogen-bond donors (Lipinski definition) is 1. The number of furan rings is 1. The maximum absolute atomic E-state index is 12.4. The molecule has 3 rings (SSSR count). The number of esters is 1. The van der Waals surface area contributed by atoms with Crippen molar-refractivity contribution in [2.45, 2.75) is 25.4 Å². The highest BCUT2D eigenvalue weighted by molar-refractivity contribution is 7.97. The van der Waals surface area contributed by atoms with Crippen LogP contribution in [0.5, 0.6) is 0 Å². The van der Waals surface area contributed by atoms with E-state index >= 15 is 0 Å². The number of carbonyl (C=O) groups is 1. The normalized spacial score (nSPS) is 11.0. The van der Waals surface area contributed by atoms with Crippen LogP contribution in [-0.4, -0.2) is 22.5 Å². The maximum atomic E-state index is 12.4. The van der Waals surface area contributed by atoms with Crippen LogP contribution in [0.1, 0.15) is 34.4 Å². The largest absolute Gasteiger partial charge is 0.462 e. The van der Waals surface area contributed by atoms with E-state index in [0.717, 1.165) is 11.3 Å². The number of nitrogens with zero attached hydrogens (tertiary/aromatic N) is 1. The highest BCUT2D eigenvalue weighted by Crippen LogP contribution is 2.23. The van der Waals surface area contributed by atoms with Gasteiger partial charge in [-0.2, -0.15) is 4.98 Å². The second kappa shape index (κ2) is 7.97. The first-order chi connectivity index (χ1) is 12.5. The summed E-state index contributed by atoms with van der Waals surface area (Å²) in [5, 5.41) is 0.827. The predicted molar refractivity (Wildman–Crippen MR) is 102 cm³/mol. The van der Waals surface area contributed by atoms with Gasteiger partial charge in [0, 0.05) is 10.8 Å². The molecule has 3 aromatic rings. The summed E-state index contributed by atoms with van der Waals surface area (Å²) in [5.41, 5.74) is 1.01. The number of aryl methyl sites for hydroxylation is 1. The molecule has 1 aromatic carbocycles. The number of nitrogens with one attached hydrogen (secondary N) is 1. The first-order valence-electron chi connectivity index (χ1n) is 8.01. The van der Waals surface area contributed by atoms with E-state index in [1.807, 2.05) is 24.3 Å². The van der Waals surface area contributed by atoms with Crippen LogP contribution in [0, 0.1) is 6.92 Å². The number of halogens is 1. The van der Waals surface area contributed by atoms with E-state index in [1.165, 1.54) is 0 Å². The number of hydrogen-bond acceptors (Lipinski definition) is 6. The second-order valence-electron chi connectivity index (χ2n) is 5.57. The van der Waals surface area contributed by atoms with Crippen molar-refractivity contribution in [2.24, 2.45) is 0 Å². The maximum Gasteiger partial charge on any atom is 0.342 e. The van der Waals surface area contributed by atoms with Crippen molar-refractivity contribution in [3.05, 3.63) is 62.4 Å². The summed E-state index contributed by atoms with van der Waals surface area (Å²) >= 11 is 7.47. The molecule has 0 fully saturated rings. The van der Waals surface area contributed by atoms with Crippen molar-refractivity contribution >= 4 is 40.4 Å². The van der Waals surface area contributed by atoms with Crippen LogP contribution < -0.4 is 5.56 Å². The summed E-state index contributed by atoms with van der Waals surface area (Å²) in [5.74, 6) is 1.49. The zero-order valence-electron chi connectivity index (χ0n) is 14.3. The third-order valence-electron chi connectivity index (χ3n) is 3.69. The highest BCUT2D eigenvalue weighted by Gasteiger charge is 2.23. The fraction of sp³-hybridized carbons (Fsp3) is 0.278. The first-order valence-corrected chi connectivity index (χ1v) is 9.54. The molecule has 6 nitrogen and oxygen atoms in total. The van der Waals surface area contributed by atoms with Gasteiger partial charge >= 0.3 is 5.97 Å². The van der Waals surface area contributed by atoms with Gasteiger partial charge in [-0.1, -0.05) is 23.7 Å². The zero-order valence-corrected chi connectivity index (χ0v) is 15.9. The number of H-pyrrole nitrogens is 1. The Morgan fingerprint density at radius 3 is 2.73 bits per heavy atom. The molecule has 26 heavy (non-hydrogen) atoms. The molecule has 0 saturated heterocycles. The number of rotatable bonds is 6. The molecule has 2 heterocycles. The van der Waals surface area contributed by atoms with Gasteiger partial charge in [-0.3, -0.25) is 4.79 Å². The average molecular weight is 393 g/mol. The molecular formula is C18H17ClN2O4S. The average Bonchev–Trinajstić information content (AvgIpc) is 2.93. The highest BCUT2D eigenvalue weighted by atomic mass is 35.5. The molecule has 2 aromatic heterocycles. The van der Waals surface area contributed by atoms with E-state index in [9.17, 15) is 9.59 Å². The molecule has 0 aliphatic heterocycles. The van der Waals surface area contributed by atoms with Gasteiger partial charge in [-0.15, -0.1) is 11.8 Å². The fourth-order valence-corrected chi connectivity index (χ4v) is 3.51. The summed E-state index contributed by atoms with van der Waals surface area (Å²) in [4.78, 5) is 31.5. The zero-order chi connectivity index (χ0) is 18.7. The minimum absolute atomic E-state index is 0.132. The van der Waals surface area contributed by atoms with Gasteiger partial charge in [0.1, 0.15) is 22.5 Å². The van der Waals surface area contributed by atoms with Crippen LogP contribution in [0.15, 0.2) is 33.5 Å². The third-order valence-corrected chi connectivity index (χ3v) is 4.95. The van der Waals surface area contributed by atoms with Crippen molar-refractivity contribution < 1.29 is 13.9 Å². The van der Waals surface area contributed by atoms with E-state index in [1.54, 1.807) is 25.6 Å². The monoisotopic (exact) mass is 392 g/mol. The van der Waals surface area contributed by atoms with E-state index in [-0.39, 0.29) is 23.3 Å². The SMILES string of the molecule is CCOC(=O)c1c(C)oc2nc(CSCc3ccc(Cl)cc3)[nH]c(=O)c12. The number of carbonyl (C=O) groups excluding carboxylic acids is 1. The molecule has 8 heteroatoms. The van der Waals surface area contributed by atoms with Gasteiger partial charge in [-0.25, -0.2) is 4.79 Å². The molecule has 0 aliphatic carbocycles. The van der Waals surface area contributed by atoms with Gasteiger partial charge in [0.25, 0.3) is 5.56 Å². The number of ether oxygens (including phenoxy) is 1. The number of thioether (sulfide) groups is 1. The minimum Gasteiger partial charge on any atom is -0.462 e. The topological polar surface area (TPSA) is 85.2 Å². The molecule has 0 bridgehead atoms. The van der Waals surface area contributed by atoms with Crippen LogP contribution in [0.4, 0.5) is 0 Å². The van der Waals surface area contributed by atoms with E-state index in [4.69, 9.17) is 20.8 Å². The van der Waals surface area contributed by atoms with Gasteiger partial charge in [0.15, 0.2) is 0 Å². The number of benzene rings is 1. The molecule has 0 radical (unpaired) electrons. The quantitative estimate of drug-likeness (QED) is 0.636. The van der Waals surface area contributed by atoms with Crippen molar-refractivity contribution in [1.29, 1.82) is 0 Å². The Labute approximate surface area is 158 Å². The van der Waals surface area contributed by atoms with Gasteiger partial charge in [0.05, 0.1) is 12.4 Å². The lowest BCUT2D eigenvalue weighted by Crippen LogP contribution is -2.14. The number of fused-ring (bicyclic) bond motifs is 1. The fourth-order valence-electron chi connectivity index (χ4n) is 2.53. The van der Waals surface area contributed by atoms with Gasteiger partial charge in [0.2, 0.25) is 5.71 Å². The molecule has 1 N–H and O–H groups in total. The Morgan fingerprint density at radius 1 is 1.31 bits per heavy atom. The first kappa shape index (κ1) is 18.5. The van der Waals surface area contributed by atoms with Gasteiger partial charge < -0.3 is 14.1 Å². The number of aromatic nitrogens is 2. The Balaban J connectivity index is 1.79. The second-order valence-corrected chi connectivity index (χ2v) is 6.99. The Bertz CT molecular complexity index is 995. The van der Waals surface area contributed by atoms with Gasteiger partial charge in [-0.05, 0) is 31.5 Å². The lowest BCUT2D eigenvalue weighted by Gasteiger charge is -2.03. The molecule has 0 unspecified atom stereocenters. The Hall–Kier alpha value is -2.25. The Kier molecular flexibility index (Phi) is 5.68. The van der Waals surface area contributed by atoms with Crippen molar-refractivity contribution in [2.75, 3.05) is 6.61 Å². The Morgan fingerprint density at radius 2 is 2.04 bits per heavy atom. The molecule has 0 saturated carbocycles. The molecule has 0 aliphatic rings. The third kappa shape index (κ3) is 3.94. The smallest absolute Gasteiger partial charge is 0.342 e. The summed E-state index contributed by atoms with van der Waals surface area (Å²) in [6, 6.07) is 7.59. The lowest BCUT2D eigenvalue weighted by atomic mass is 10.2. The van der Waals surface area contributed by atoms with Crippen molar-refractivity contribution in [3.63, 3.8) is 0 Å². The predicted octanol–water partition coefficient (Wildman–Crippen LogP) is 4.09. The summed E-state index contributed by atoms with van der Waals surface area (Å²) in [6.45, 7) is 3.53. The summed E-state index contributed by atoms with van der Waals surface area (Å²) in [7, 11) is 0. The molecule has 0 atom stereocenters. The summed E-state index contributed by atoms with van der Waals surface area (Å²) in [6.07, 6.45) is 0. The van der Waals surface area contributed by atoms with Crippen LogP contribution in [0.3, 0.4) is 0 Å². The minimum atomic E-state index is -0.582. The van der Waals surface area contributed by atoms with E-state index in [0.29, 0.717) is 22.4 Å². The molecule has 0 spiro atoms. The number of aromatic amines is 1. The van der Waals surface area contributed by atoms with Crippen molar-refractivity contribution in [1.82, 2.24) is 9.97 Å². The van der Waals surface area contributed by atoms with Crippen LogP contribution >= 0.6 is 23.4 Å². The van der Waals surface area contributed by atoms with E-state index in [2.05, 4.69) is 9.97 Å². The molecule has 136 valence electrons. The van der Waals surface area contributed by atoms with E-state index < -0.39 is 11.5 Å². The van der Waals surface area contributed by atoms with Crippen LogP contribution in [0.2, 0.25) is 5.02 Å². The van der Waals surface area contributed by atoms with Crippen molar-refractivity contribution in [3.8, 4) is 0 Å².